The quantitative estimate of drug-likeness (QED) is 0.901. The Morgan fingerprint density at radius 3 is 2.91 bits per heavy atom. The maximum Gasteiger partial charge on any atom is 0.251 e. The molecule has 23 heavy (non-hydrogen) atoms. The van der Waals surface area contributed by atoms with Crippen LogP contribution in [0.1, 0.15) is 28.4 Å². The molecule has 0 aliphatic carbocycles. The summed E-state index contributed by atoms with van der Waals surface area (Å²) in [5.41, 5.74) is 0.397. The Morgan fingerprint density at radius 1 is 1.35 bits per heavy atom. The minimum Gasteiger partial charge on any atom is -0.493 e. The van der Waals surface area contributed by atoms with Crippen LogP contribution in [0.15, 0.2) is 12.1 Å². The number of ether oxygens (including phenoxy) is 2. The molecule has 0 saturated heterocycles. The van der Waals surface area contributed by atoms with Gasteiger partial charge in [-0.3, -0.25) is 4.79 Å². The fraction of sp³-hybridized carbons (Fsp3) is 0.400. The summed E-state index contributed by atoms with van der Waals surface area (Å²) in [6.07, 6.45) is 2.00. The lowest BCUT2D eigenvalue weighted by molar-refractivity contribution is 0.0949. The summed E-state index contributed by atoms with van der Waals surface area (Å²) in [5, 5.41) is 11.4. The molecule has 122 valence electrons. The normalized spacial score (nSPS) is 12.8. The van der Waals surface area contributed by atoms with Crippen LogP contribution in [-0.2, 0) is 19.5 Å². The van der Waals surface area contributed by atoms with Crippen molar-refractivity contribution in [2.75, 3.05) is 14.2 Å². The van der Waals surface area contributed by atoms with Gasteiger partial charge in [-0.1, -0.05) is 11.6 Å². The molecule has 0 atom stereocenters. The Kier molecular flexibility index (Phi) is 4.38. The monoisotopic (exact) mass is 336 g/mol. The van der Waals surface area contributed by atoms with Crippen LogP contribution in [0.4, 0.5) is 0 Å². The molecule has 3 rings (SSSR count). The van der Waals surface area contributed by atoms with Crippen LogP contribution in [0, 0.1) is 0 Å². The van der Waals surface area contributed by atoms with E-state index < -0.39 is 0 Å². The van der Waals surface area contributed by atoms with Gasteiger partial charge in [0.15, 0.2) is 17.3 Å². The smallest absolute Gasteiger partial charge is 0.251 e. The molecule has 0 unspecified atom stereocenters. The first-order valence-electron chi connectivity index (χ1n) is 7.24. The van der Waals surface area contributed by atoms with Crippen molar-refractivity contribution >= 4 is 17.5 Å². The van der Waals surface area contributed by atoms with E-state index in [1.807, 2.05) is 4.57 Å². The largest absolute Gasteiger partial charge is 0.493 e. The summed E-state index contributed by atoms with van der Waals surface area (Å²) in [6, 6.07) is 3.14. The zero-order valence-corrected chi connectivity index (χ0v) is 13.7. The zero-order chi connectivity index (χ0) is 16.4. The fourth-order valence-electron chi connectivity index (χ4n) is 2.65. The van der Waals surface area contributed by atoms with Crippen molar-refractivity contribution in [3.05, 3.63) is 34.4 Å². The molecule has 8 heteroatoms. The van der Waals surface area contributed by atoms with E-state index in [1.54, 1.807) is 12.1 Å². The van der Waals surface area contributed by atoms with E-state index in [2.05, 4.69) is 15.5 Å². The molecule has 0 spiro atoms. The molecule has 2 aromatic rings. The minimum absolute atomic E-state index is 0.261. The van der Waals surface area contributed by atoms with Crippen molar-refractivity contribution in [3.63, 3.8) is 0 Å². The molecule has 0 fully saturated rings. The number of aryl methyl sites for hydroxylation is 1. The third-order valence-corrected chi connectivity index (χ3v) is 4.07. The highest BCUT2D eigenvalue weighted by atomic mass is 35.5. The van der Waals surface area contributed by atoms with Gasteiger partial charge in [0.05, 0.1) is 25.8 Å². The van der Waals surface area contributed by atoms with Gasteiger partial charge in [-0.05, 0) is 18.6 Å². The highest BCUT2D eigenvalue weighted by molar-refractivity contribution is 6.32. The van der Waals surface area contributed by atoms with E-state index in [0.29, 0.717) is 28.6 Å². The third kappa shape index (κ3) is 2.96. The topological polar surface area (TPSA) is 78.3 Å². The summed E-state index contributed by atoms with van der Waals surface area (Å²) in [7, 11) is 2.99. The van der Waals surface area contributed by atoms with Gasteiger partial charge in [0.2, 0.25) is 0 Å². The zero-order valence-electron chi connectivity index (χ0n) is 12.9. The number of halogens is 1. The van der Waals surface area contributed by atoms with E-state index in [1.165, 1.54) is 14.2 Å². The van der Waals surface area contributed by atoms with E-state index in [4.69, 9.17) is 21.1 Å². The second-order valence-electron chi connectivity index (χ2n) is 5.16. The molecule has 1 aliphatic heterocycles. The van der Waals surface area contributed by atoms with Crippen LogP contribution in [0.3, 0.4) is 0 Å². The molecule has 1 aromatic carbocycles. The maximum absolute atomic E-state index is 12.3. The Balaban J connectivity index is 1.74. The molecule has 0 saturated carbocycles. The highest BCUT2D eigenvalue weighted by Crippen LogP contribution is 2.35. The number of methoxy groups -OCH3 is 2. The molecule has 0 bridgehead atoms. The molecule has 1 aromatic heterocycles. The molecule has 1 amide bonds. The average Bonchev–Trinajstić information content (AvgIpc) is 3.15. The fourth-order valence-corrected chi connectivity index (χ4v) is 2.94. The molecule has 1 aliphatic rings. The molecular formula is C15H17ClN4O3. The number of nitrogens with one attached hydrogen (secondary N) is 1. The molecular weight excluding hydrogens is 320 g/mol. The summed E-state index contributed by atoms with van der Waals surface area (Å²) < 4.78 is 12.4. The van der Waals surface area contributed by atoms with Gasteiger partial charge in [-0.2, -0.15) is 0 Å². The van der Waals surface area contributed by atoms with Gasteiger partial charge in [-0.25, -0.2) is 0 Å². The van der Waals surface area contributed by atoms with Crippen molar-refractivity contribution in [2.45, 2.75) is 25.9 Å². The van der Waals surface area contributed by atoms with Crippen molar-refractivity contribution in [1.29, 1.82) is 0 Å². The third-order valence-electron chi connectivity index (χ3n) is 3.79. The first-order valence-corrected chi connectivity index (χ1v) is 7.62. The van der Waals surface area contributed by atoms with Crippen molar-refractivity contribution in [3.8, 4) is 11.5 Å². The summed E-state index contributed by atoms with van der Waals surface area (Å²) >= 11 is 6.12. The number of carbonyl (C=O) groups is 1. The lowest BCUT2D eigenvalue weighted by Crippen LogP contribution is -2.24. The molecule has 2 heterocycles. The lowest BCUT2D eigenvalue weighted by Gasteiger charge is -2.12. The standard InChI is InChI=1S/C15H17ClN4O3/c1-22-11-7-9(6-10(16)14(11)23-2)15(21)17-8-13-19-18-12-4-3-5-20(12)13/h6-7H,3-5,8H2,1-2H3,(H,17,21). The van der Waals surface area contributed by atoms with Crippen molar-refractivity contribution < 1.29 is 14.3 Å². The van der Waals surface area contributed by atoms with Crippen LogP contribution < -0.4 is 14.8 Å². The maximum atomic E-state index is 12.3. The Labute approximate surface area is 138 Å². The Hall–Kier alpha value is -2.28. The SMILES string of the molecule is COc1cc(C(=O)NCc2nnc3n2CCC3)cc(Cl)c1OC. The molecule has 7 nitrogen and oxygen atoms in total. The Bertz CT molecular complexity index is 745. The number of aromatic nitrogens is 3. The number of amides is 1. The van der Waals surface area contributed by atoms with E-state index in [0.717, 1.165) is 31.0 Å². The van der Waals surface area contributed by atoms with Crippen molar-refractivity contribution in [2.24, 2.45) is 0 Å². The predicted molar refractivity (Wildman–Crippen MR) is 84.1 cm³/mol. The molecule has 1 N–H and O–H groups in total. The number of hydrogen-bond donors (Lipinski definition) is 1. The Morgan fingerprint density at radius 2 is 2.17 bits per heavy atom. The van der Waals surface area contributed by atoms with Gasteiger partial charge in [-0.15, -0.1) is 10.2 Å². The van der Waals surface area contributed by atoms with E-state index in [9.17, 15) is 4.79 Å². The van der Waals surface area contributed by atoms with Crippen LogP contribution in [0.2, 0.25) is 5.02 Å². The van der Waals surface area contributed by atoms with Crippen LogP contribution in [0.25, 0.3) is 0 Å². The van der Waals surface area contributed by atoms with Crippen LogP contribution in [-0.4, -0.2) is 34.9 Å². The number of hydrogen-bond acceptors (Lipinski definition) is 5. The number of fused-ring (bicyclic) bond motifs is 1. The lowest BCUT2D eigenvalue weighted by atomic mass is 10.2. The second-order valence-corrected chi connectivity index (χ2v) is 5.57. The highest BCUT2D eigenvalue weighted by Gasteiger charge is 2.19. The van der Waals surface area contributed by atoms with Gasteiger partial charge in [0, 0.05) is 18.5 Å². The first-order chi connectivity index (χ1) is 11.1. The number of carbonyl (C=O) groups excluding carboxylic acids is 1. The number of rotatable bonds is 5. The van der Waals surface area contributed by atoms with Gasteiger partial charge < -0.3 is 19.4 Å². The summed E-state index contributed by atoms with van der Waals surface area (Å²) in [5.74, 6) is 2.29. The molecule has 0 radical (unpaired) electrons. The van der Waals surface area contributed by atoms with Gasteiger partial charge in [0.1, 0.15) is 5.82 Å². The summed E-state index contributed by atoms with van der Waals surface area (Å²) in [6.45, 7) is 1.22. The predicted octanol–water partition coefficient (Wildman–Crippen LogP) is 1.82. The first kappa shape index (κ1) is 15.6. The minimum atomic E-state index is -0.261. The van der Waals surface area contributed by atoms with E-state index >= 15 is 0 Å². The number of benzene rings is 1. The second kappa shape index (κ2) is 6.45. The van der Waals surface area contributed by atoms with E-state index in [-0.39, 0.29) is 5.91 Å². The van der Waals surface area contributed by atoms with Crippen molar-refractivity contribution in [1.82, 2.24) is 20.1 Å². The van der Waals surface area contributed by atoms with Gasteiger partial charge in [0.25, 0.3) is 5.91 Å². The van der Waals surface area contributed by atoms with Crippen LogP contribution >= 0.6 is 11.6 Å². The summed E-state index contributed by atoms with van der Waals surface area (Å²) in [4.78, 5) is 12.3. The van der Waals surface area contributed by atoms with Crippen LogP contribution in [0.5, 0.6) is 11.5 Å². The number of nitrogens with zero attached hydrogens (tertiary/aromatic N) is 3. The average molecular weight is 337 g/mol. The van der Waals surface area contributed by atoms with Gasteiger partial charge >= 0.3 is 0 Å².